The van der Waals surface area contributed by atoms with Gasteiger partial charge in [0.05, 0.1) is 12.5 Å². The second-order valence-corrected chi connectivity index (χ2v) is 8.97. The molecule has 1 unspecified atom stereocenters. The highest BCUT2D eigenvalue weighted by Crippen LogP contribution is 2.36. The number of rotatable bonds is 5. The summed E-state index contributed by atoms with van der Waals surface area (Å²) in [4.78, 5) is 29.4. The molecule has 2 aliphatic heterocycles. The highest BCUT2D eigenvalue weighted by atomic mass is 16.2. The summed E-state index contributed by atoms with van der Waals surface area (Å²) in [5, 5.41) is 3.00. The van der Waals surface area contributed by atoms with Gasteiger partial charge >= 0.3 is 0 Å². The van der Waals surface area contributed by atoms with Gasteiger partial charge in [-0.1, -0.05) is 25.5 Å². The molecule has 2 fully saturated rings. The minimum Gasteiger partial charge on any atom is -0.372 e. The fourth-order valence-electron chi connectivity index (χ4n) is 4.97. The molecule has 0 radical (unpaired) electrons. The fourth-order valence-corrected chi connectivity index (χ4v) is 4.97. The fraction of sp³-hybridized carbons (Fsp3) is 0.583. The Morgan fingerprint density at radius 1 is 1.10 bits per heavy atom. The van der Waals surface area contributed by atoms with E-state index in [1.54, 1.807) is 0 Å². The Balaban J connectivity index is 1.31. The second kappa shape index (κ2) is 8.60. The molecule has 156 valence electrons. The van der Waals surface area contributed by atoms with Crippen molar-refractivity contribution in [1.29, 1.82) is 0 Å². The van der Waals surface area contributed by atoms with E-state index >= 15 is 0 Å². The van der Waals surface area contributed by atoms with Gasteiger partial charge in [-0.2, -0.15) is 0 Å². The standard InChI is InChI=1S/C24H33N3O2/c1-17-11-13-27(14-12-17)19-9-7-18(8-10-19)16-25-23(28)15-21-20-5-3-4-6-22(20)26(2)24(21)29/h7-10,17,22H,3-6,11-16H2,1-2H3,(H,25,28). The molecule has 1 aromatic rings. The monoisotopic (exact) mass is 395 g/mol. The number of benzene rings is 1. The molecule has 1 aliphatic carbocycles. The number of piperidine rings is 1. The van der Waals surface area contributed by atoms with Crippen molar-refractivity contribution < 1.29 is 9.59 Å². The molecule has 5 nitrogen and oxygen atoms in total. The summed E-state index contributed by atoms with van der Waals surface area (Å²) in [6.45, 7) is 5.08. The topological polar surface area (TPSA) is 52.7 Å². The first-order valence-electron chi connectivity index (χ1n) is 11.1. The number of anilines is 1. The number of nitrogens with one attached hydrogen (secondary N) is 1. The maximum absolute atomic E-state index is 12.6. The maximum Gasteiger partial charge on any atom is 0.250 e. The molecule has 4 rings (SSSR count). The molecular weight excluding hydrogens is 362 g/mol. The molecule has 0 aromatic heterocycles. The average Bonchev–Trinajstić information content (AvgIpc) is 2.98. The summed E-state index contributed by atoms with van der Waals surface area (Å²) in [7, 11) is 1.87. The van der Waals surface area contributed by atoms with Crippen LogP contribution in [-0.4, -0.2) is 42.9 Å². The lowest BCUT2D eigenvalue weighted by atomic mass is 9.88. The molecule has 1 aromatic carbocycles. The van der Waals surface area contributed by atoms with Gasteiger partial charge in [0.15, 0.2) is 0 Å². The van der Waals surface area contributed by atoms with E-state index in [4.69, 9.17) is 0 Å². The van der Waals surface area contributed by atoms with E-state index in [0.717, 1.165) is 55.8 Å². The van der Waals surface area contributed by atoms with Gasteiger partial charge in [-0.25, -0.2) is 0 Å². The van der Waals surface area contributed by atoms with Crippen LogP contribution in [-0.2, 0) is 16.1 Å². The molecule has 1 saturated carbocycles. The van der Waals surface area contributed by atoms with Gasteiger partial charge in [0, 0.05) is 37.9 Å². The molecule has 1 atom stereocenters. The zero-order valence-corrected chi connectivity index (χ0v) is 17.7. The molecule has 1 saturated heterocycles. The van der Waals surface area contributed by atoms with Crippen LogP contribution >= 0.6 is 0 Å². The normalized spacial score (nSPS) is 22.8. The van der Waals surface area contributed by atoms with Crippen LogP contribution in [0.25, 0.3) is 0 Å². The molecular formula is C24H33N3O2. The Labute approximate surface area is 174 Å². The van der Waals surface area contributed by atoms with Crippen molar-refractivity contribution in [2.24, 2.45) is 5.92 Å². The first kappa shape index (κ1) is 20.0. The molecule has 29 heavy (non-hydrogen) atoms. The van der Waals surface area contributed by atoms with Crippen LogP contribution in [0.5, 0.6) is 0 Å². The van der Waals surface area contributed by atoms with Crippen molar-refractivity contribution in [3.05, 3.63) is 41.0 Å². The second-order valence-electron chi connectivity index (χ2n) is 8.97. The van der Waals surface area contributed by atoms with Crippen molar-refractivity contribution in [2.75, 3.05) is 25.0 Å². The molecule has 0 spiro atoms. The average molecular weight is 396 g/mol. The first-order valence-corrected chi connectivity index (χ1v) is 11.1. The van der Waals surface area contributed by atoms with E-state index in [0.29, 0.717) is 6.54 Å². The first-order chi connectivity index (χ1) is 14.0. The van der Waals surface area contributed by atoms with Gasteiger partial charge in [0.1, 0.15) is 0 Å². The van der Waals surface area contributed by atoms with Crippen LogP contribution in [0.4, 0.5) is 5.69 Å². The van der Waals surface area contributed by atoms with Gasteiger partial charge in [0.2, 0.25) is 5.91 Å². The lowest BCUT2D eigenvalue weighted by Gasteiger charge is -2.32. The zero-order valence-electron chi connectivity index (χ0n) is 17.7. The molecule has 2 heterocycles. The van der Waals surface area contributed by atoms with Gasteiger partial charge in [-0.05, 0) is 61.3 Å². The van der Waals surface area contributed by atoms with Crippen LogP contribution in [0.15, 0.2) is 35.4 Å². The molecule has 1 N–H and O–H groups in total. The summed E-state index contributed by atoms with van der Waals surface area (Å²) < 4.78 is 0. The van der Waals surface area contributed by atoms with Crippen molar-refractivity contribution in [3.8, 4) is 0 Å². The summed E-state index contributed by atoms with van der Waals surface area (Å²) in [5.41, 5.74) is 4.31. The highest BCUT2D eigenvalue weighted by molar-refractivity contribution is 6.02. The van der Waals surface area contributed by atoms with E-state index in [1.807, 2.05) is 11.9 Å². The van der Waals surface area contributed by atoms with Crippen LogP contribution < -0.4 is 10.2 Å². The third-order valence-electron chi connectivity index (χ3n) is 6.92. The van der Waals surface area contributed by atoms with Crippen molar-refractivity contribution >= 4 is 17.5 Å². The Hall–Kier alpha value is -2.30. The Morgan fingerprint density at radius 3 is 2.55 bits per heavy atom. The summed E-state index contributed by atoms with van der Waals surface area (Å²) >= 11 is 0. The minimum atomic E-state index is -0.0606. The summed E-state index contributed by atoms with van der Waals surface area (Å²) in [5.74, 6) is 0.809. The Kier molecular flexibility index (Phi) is 5.93. The van der Waals surface area contributed by atoms with E-state index < -0.39 is 0 Å². The van der Waals surface area contributed by atoms with Gasteiger partial charge in [-0.3, -0.25) is 9.59 Å². The number of fused-ring (bicyclic) bond motifs is 1. The number of hydrogen-bond donors (Lipinski definition) is 1. The predicted octanol–water partition coefficient (Wildman–Crippen LogP) is 3.64. The van der Waals surface area contributed by atoms with Crippen molar-refractivity contribution in [3.63, 3.8) is 0 Å². The number of carbonyl (C=O) groups excluding carboxylic acids is 2. The van der Waals surface area contributed by atoms with Crippen LogP contribution in [0.2, 0.25) is 0 Å². The van der Waals surface area contributed by atoms with Gasteiger partial charge < -0.3 is 15.1 Å². The third kappa shape index (κ3) is 4.34. The van der Waals surface area contributed by atoms with Crippen molar-refractivity contribution in [2.45, 2.75) is 64.5 Å². The van der Waals surface area contributed by atoms with Gasteiger partial charge in [-0.15, -0.1) is 0 Å². The number of amides is 2. The number of nitrogens with zero attached hydrogens (tertiary/aromatic N) is 2. The highest BCUT2D eigenvalue weighted by Gasteiger charge is 2.38. The molecule has 3 aliphatic rings. The Morgan fingerprint density at radius 2 is 1.83 bits per heavy atom. The maximum atomic E-state index is 12.6. The molecule has 2 amide bonds. The van der Waals surface area contributed by atoms with Crippen LogP contribution in [0.1, 0.15) is 57.4 Å². The summed E-state index contributed by atoms with van der Waals surface area (Å²) in [6.07, 6.45) is 7.00. The van der Waals surface area contributed by atoms with Crippen LogP contribution in [0.3, 0.4) is 0 Å². The zero-order chi connectivity index (χ0) is 20.4. The Bertz CT molecular complexity index is 791. The quantitative estimate of drug-likeness (QED) is 0.828. The van der Waals surface area contributed by atoms with E-state index in [1.165, 1.54) is 24.1 Å². The largest absolute Gasteiger partial charge is 0.372 e. The van der Waals surface area contributed by atoms with Gasteiger partial charge in [0.25, 0.3) is 5.91 Å². The summed E-state index contributed by atoms with van der Waals surface area (Å²) in [6, 6.07) is 8.74. The SMILES string of the molecule is CC1CCN(c2ccc(CNC(=O)CC3=C4CCCCC4N(C)C3=O)cc2)CC1. The number of hydrogen-bond acceptors (Lipinski definition) is 3. The molecule has 0 bridgehead atoms. The van der Waals surface area contributed by atoms with E-state index in [9.17, 15) is 9.59 Å². The lowest BCUT2D eigenvalue weighted by Crippen LogP contribution is -2.33. The predicted molar refractivity (Wildman–Crippen MR) is 116 cm³/mol. The van der Waals surface area contributed by atoms with E-state index in [2.05, 4.69) is 41.4 Å². The smallest absolute Gasteiger partial charge is 0.250 e. The van der Waals surface area contributed by atoms with E-state index in [-0.39, 0.29) is 24.3 Å². The minimum absolute atomic E-state index is 0.0438. The lowest BCUT2D eigenvalue weighted by molar-refractivity contribution is -0.128. The van der Waals surface area contributed by atoms with Crippen molar-refractivity contribution in [1.82, 2.24) is 10.2 Å². The third-order valence-corrected chi connectivity index (χ3v) is 6.92. The van der Waals surface area contributed by atoms with Crippen LogP contribution in [0, 0.1) is 5.92 Å². The molecule has 5 heteroatoms. The number of carbonyl (C=O) groups is 2. The number of likely N-dealkylation sites (N-methyl/N-ethyl adjacent to an activating group) is 1.